The van der Waals surface area contributed by atoms with E-state index in [9.17, 15) is 9.59 Å². The zero-order valence-corrected chi connectivity index (χ0v) is 18.0. The number of hydrogen-bond acceptors (Lipinski definition) is 3. The molecule has 6 rings (SSSR count). The summed E-state index contributed by atoms with van der Waals surface area (Å²) in [6, 6.07) is 5.99. The molecule has 6 nitrogen and oxygen atoms in total. The second-order valence-corrected chi connectivity index (χ2v) is 9.98. The molecule has 0 spiro atoms. The Labute approximate surface area is 176 Å². The molecule has 4 fully saturated rings. The number of amides is 1. The Balaban J connectivity index is 1.35. The predicted molar refractivity (Wildman–Crippen MR) is 117 cm³/mol. The van der Waals surface area contributed by atoms with Crippen LogP contribution < -0.4 is 11.0 Å². The zero-order valence-electron chi connectivity index (χ0n) is 18.0. The minimum atomic E-state index is -0.238. The standard InChI is InChI=1S/C24H30N4O2/c1-14-4-5-21(15(2)6-14)28-22(29)20(16(3)27-28)13-25-26-23(30)24-10-17-7-18(11-24)9-19(8-17)12-24/h4-6,13,17-19,27H,7-12H2,1-3H3,(H,26,30)/b25-13+. The topological polar surface area (TPSA) is 79.2 Å². The van der Waals surface area contributed by atoms with E-state index >= 15 is 0 Å². The highest BCUT2D eigenvalue weighted by atomic mass is 16.2. The second-order valence-electron chi connectivity index (χ2n) is 9.98. The van der Waals surface area contributed by atoms with Gasteiger partial charge in [0.05, 0.1) is 22.9 Å². The second kappa shape index (κ2) is 6.96. The van der Waals surface area contributed by atoms with Crippen LogP contribution in [0.25, 0.3) is 5.69 Å². The van der Waals surface area contributed by atoms with Gasteiger partial charge in [0.15, 0.2) is 0 Å². The minimum Gasteiger partial charge on any atom is -0.295 e. The lowest BCUT2D eigenvalue weighted by Crippen LogP contribution is -2.52. The molecule has 1 aromatic heterocycles. The van der Waals surface area contributed by atoms with E-state index in [2.05, 4.69) is 21.7 Å². The van der Waals surface area contributed by atoms with Crippen molar-refractivity contribution < 1.29 is 4.79 Å². The van der Waals surface area contributed by atoms with Crippen LogP contribution >= 0.6 is 0 Å². The molecule has 4 bridgehead atoms. The van der Waals surface area contributed by atoms with Crippen LogP contribution in [0, 0.1) is 43.9 Å². The Morgan fingerprint density at radius 2 is 1.77 bits per heavy atom. The van der Waals surface area contributed by atoms with Gasteiger partial charge in [-0.05, 0) is 88.7 Å². The summed E-state index contributed by atoms with van der Waals surface area (Å²) in [6.07, 6.45) is 8.41. The lowest BCUT2D eigenvalue weighted by atomic mass is 9.49. The molecule has 2 aromatic rings. The van der Waals surface area contributed by atoms with Crippen molar-refractivity contribution in [3.05, 3.63) is 50.9 Å². The molecule has 4 aliphatic rings. The molecule has 2 N–H and O–H groups in total. The Morgan fingerprint density at radius 1 is 1.13 bits per heavy atom. The average molecular weight is 407 g/mol. The van der Waals surface area contributed by atoms with E-state index in [1.807, 2.05) is 32.9 Å². The van der Waals surface area contributed by atoms with E-state index in [1.54, 1.807) is 4.68 Å². The molecule has 1 heterocycles. The number of nitrogens with zero attached hydrogens (tertiary/aromatic N) is 2. The van der Waals surface area contributed by atoms with Crippen LogP contribution in [0.4, 0.5) is 0 Å². The average Bonchev–Trinajstić information content (AvgIpc) is 2.95. The van der Waals surface area contributed by atoms with Crippen LogP contribution in [-0.2, 0) is 4.79 Å². The highest BCUT2D eigenvalue weighted by Gasteiger charge is 2.54. The molecule has 1 aromatic carbocycles. The van der Waals surface area contributed by atoms with E-state index in [4.69, 9.17) is 0 Å². The fourth-order valence-electron chi connectivity index (χ4n) is 6.60. The Hall–Kier alpha value is -2.63. The maximum atomic E-state index is 13.0. The SMILES string of the molecule is Cc1ccc(-n2[nH]c(C)c(/C=N/NC(=O)C34CC5CC(CC(C5)C3)C4)c2=O)c(C)c1. The smallest absolute Gasteiger partial charge is 0.280 e. The summed E-state index contributed by atoms with van der Waals surface area (Å²) in [5.41, 5.74) is 6.59. The Bertz CT molecular complexity index is 1060. The van der Waals surface area contributed by atoms with Gasteiger partial charge in [0.1, 0.15) is 0 Å². The lowest BCUT2D eigenvalue weighted by molar-refractivity contribution is -0.146. The lowest BCUT2D eigenvalue weighted by Gasteiger charge is -2.55. The van der Waals surface area contributed by atoms with Gasteiger partial charge in [-0.1, -0.05) is 17.7 Å². The van der Waals surface area contributed by atoms with Crippen molar-refractivity contribution in [3.63, 3.8) is 0 Å². The molecule has 0 aliphatic heterocycles. The number of rotatable bonds is 4. The number of H-pyrrole nitrogens is 1. The van der Waals surface area contributed by atoms with Crippen molar-refractivity contribution in [3.8, 4) is 5.69 Å². The van der Waals surface area contributed by atoms with Crippen LogP contribution in [0.5, 0.6) is 0 Å². The maximum absolute atomic E-state index is 13.0. The first-order chi connectivity index (χ1) is 14.3. The van der Waals surface area contributed by atoms with Crippen molar-refractivity contribution in [1.29, 1.82) is 0 Å². The molecular formula is C24H30N4O2. The monoisotopic (exact) mass is 406 g/mol. The number of carbonyl (C=O) groups excluding carboxylic acids is 1. The van der Waals surface area contributed by atoms with Crippen LogP contribution in [0.15, 0.2) is 28.1 Å². The van der Waals surface area contributed by atoms with E-state index in [0.29, 0.717) is 23.3 Å². The summed E-state index contributed by atoms with van der Waals surface area (Å²) in [7, 11) is 0. The van der Waals surface area contributed by atoms with Crippen LogP contribution in [-0.4, -0.2) is 21.9 Å². The van der Waals surface area contributed by atoms with Crippen LogP contribution in [0.1, 0.15) is 60.9 Å². The number of nitrogens with one attached hydrogen (secondary N) is 2. The van der Waals surface area contributed by atoms with E-state index in [-0.39, 0.29) is 16.9 Å². The molecule has 4 aliphatic carbocycles. The normalized spacial score (nSPS) is 29.6. The summed E-state index contributed by atoms with van der Waals surface area (Å²) in [5, 5.41) is 7.34. The largest absolute Gasteiger partial charge is 0.295 e. The summed E-state index contributed by atoms with van der Waals surface area (Å²) < 4.78 is 1.55. The summed E-state index contributed by atoms with van der Waals surface area (Å²) in [4.78, 5) is 26.0. The van der Waals surface area contributed by atoms with Crippen molar-refractivity contribution in [1.82, 2.24) is 15.2 Å². The number of aromatic amines is 1. The first-order valence-electron chi connectivity index (χ1n) is 11.1. The van der Waals surface area contributed by atoms with Gasteiger partial charge in [-0.25, -0.2) is 10.1 Å². The molecule has 30 heavy (non-hydrogen) atoms. The highest BCUT2D eigenvalue weighted by Crippen LogP contribution is 2.60. The van der Waals surface area contributed by atoms with Crippen molar-refractivity contribution in [2.45, 2.75) is 59.3 Å². The Morgan fingerprint density at radius 3 is 2.37 bits per heavy atom. The van der Waals surface area contributed by atoms with Crippen molar-refractivity contribution in [2.75, 3.05) is 0 Å². The molecule has 4 saturated carbocycles. The summed E-state index contributed by atoms with van der Waals surface area (Å²) in [6.45, 7) is 5.87. The molecule has 0 saturated heterocycles. The third kappa shape index (κ3) is 3.13. The van der Waals surface area contributed by atoms with Gasteiger partial charge in [-0.2, -0.15) is 5.10 Å². The molecular weight excluding hydrogens is 376 g/mol. The zero-order chi connectivity index (χ0) is 21.0. The first kappa shape index (κ1) is 19.3. The van der Waals surface area contributed by atoms with E-state index < -0.39 is 0 Å². The van der Waals surface area contributed by atoms with Gasteiger partial charge in [0, 0.05) is 5.69 Å². The number of aryl methyl sites for hydroxylation is 3. The number of carbonyl (C=O) groups is 1. The number of hydrazone groups is 1. The maximum Gasteiger partial charge on any atom is 0.280 e. The molecule has 0 unspecified atom stereocenters. The fourth-order valence-corrected chi connectivity index (χ4v) is 6.60. The number of aromatic nitrogens is 2. The fraction of sp³-hybridized carbons (Fsp3) is 0.542. The molecule has 0 radical (unpaired) electrons. The van der Waals surface area contributed by atoms with Gasteiger partial charge < -0.3 is 0 Å². The first-order valence-corrected chi connectivity index (χ1v) is 11.1. The highest BCUT2D eigenvalue weighted by molar-refractivity contribution is 5.86. The van der Waals surface area contributed by atoms with Gasteiger partial charge >= 0.3 is 0 Å². The number of benzene rings is 1. The quantitative estimate of drug-likeness (QED) is 0.599. The van der Waals surface area contributed by atoms with Gasteiger partial charge in [-0.15, -0.1) is 0 Å². The van der Waals surface area contributed by atoms with Gasteiger partial charge in [-0.3, -0.25) is 14.7 Å². The molecule has 158 valence electrons. The van der Waals surface area contributed by atoms with Crippen LogP contribution in [0.3, 0.4) is 0 Å². The minimum absolute atomic E-state index is 0.0424. The number of hydrogen-bond donors (Lipinski definition) is 2. The van der Waals surface area contributed by atoms with Crippen molar-refractivity contribution >= 4 is 12.1 Å². The summed E-state index contributed by atoms with van der Waals surface area (Å²) >= 11 is 0. The predicted octanol–water partition coefficient (Wildman–Crippen LogP) is 3.76. The molecule has 6 heteroatoms. The van der Waals surface area contributed by atoms with Crippen LogP contribution in [0.2, 0.25) is 0 Å². The third-order valence-corrected chi connectivity index (χ3v) is 7.59. The third-order valence-electron chi connectivity index (χ3n) is 7.59. The van der Waals surface area contributed by atoms with E-state index in [0.717, 1.165) is 41.8 Å². The van der Waals surface area contributed by atoms with Gasteiger partial charge in [0.25, 0.3) is 5.56 Å². The Kier molecular flexibility index (Phi) is 4.49. The summed E-state index contributed by atoms with van der Waals surface area (Å²) in [5.74, 6) is 2.18. The van der Waals surface area contributed by atoms with E-state index in [1.165, 1.54) is 25.5 Å². The molecule has 0 atom stereocenters. The van der Waals surface area contributed by atoms with Crippen molar-refractivity contribution in [2.24, 2.45) is 28.3 Å². The van der Waals surface area contributed by atoms with Gasteiger partial charge in [0.2, 0.25) is 5.91 Å². The molecule has 1 amide bonds.